The molecular weight excluding hydrogens is 294 g/mol. The number of benzene rings is 1. The third-order valence-corrected chi connectivity index (χ3v) is 4.10. The van der Waals surface area contributed by atoms with E-state index in [0.29, 0.717) is 18.2 Å². The zero-order chi connectivity index (χ0) is 16.7. The summed E-state index contributed by atoms with van der Waals surface area (Å²) in [5.41, 5.74) is 5.92. The molecule has 0 saturated carbocycles. The molecule has 1 fully saturated rings. The van der Waals surface area contributed by atoms with Gasteiger partial charge in [-0.15, -0.1) is 0 Å². The van der Waals surface area contributed by atoms with Crippen LogP contribution in [0.3, 0.4) is 0 Å². The number of likely N-dealkylation sites (tertiary alicyclic amines) is 1. The van der Waals surface area contributed by atoms with Crippen molar-refractivity contribution in [3.8, 4) is 5.75 Å². The highest BCUT2D eigenvalue weighted by atomic mass is 16.5. The lowest BCUT2D eigenvalue weighted by atomic mass is 9.92. The average molecular weight is 319 g/mol. The molecule has 0 radical (unpaired) electrons. The van der Waals surface area contributed by atoms with Crippen LogP contribution in [0.4, 0.5) is 0 Å². The Balaban J connectivity index is 1.70. The van der Waals surface area contributed by atoms with Gasteiger partial charge in [0.1, 0.15) is 5.75 Å². The number of rotatable bonds is 6. The van der Waals surface area contributed by atoms with Crippen LogP contribution in [0.2, 0.25) is 0 Å². The predicted octanol–water partition coefficient (Wildman–Crippen LogP) is 0.767. The molecule has 1 aromatic rings. The van der Waals surface area contributed by atoms with Gasteiger partial charge in [0.2, 0.25) is 5.91 Å². The van der Waals surface area contributed by atoms with E-state index in [1.165, 1.54) is 0 Å². The molecule has 1 aliphatic rings. The molecule has 0 aliphatic carbocycles. The van der Waals surface area contributed by atoms with Crippen LogP contribution in [0.15, 0.2) is 30.3 Å². The summed E-state index contributed by atoms with van der Waals surface area (Å²) in [6.07, 6.45) is 2.02. The average Bonchev–Trinajstić information content (AvgIpc) is 2.58. The maximum Gasteiger partial charge on any atom is 0.258 e. The molecule has 1 saturated heterocycles. The minimum absolute atomic E-state index is 0.00263. The second kappa shape index (κ2) is 8.53. The monoisotopic (exact) mass is 319 g/mol. The Bertz CT molecular complexity index is 519. The Morgan fingerprint density at radius 1 is 1.39 bits per heavy atom. The summed E-state index contributed by atoms with van der Waals surface area (Å²) in [5.74, 6) is 0.598. The van der Waals surface area contributed by atoms with E-state index in [0.717, 1.165) is 19.4 Å². The van der Waals surface area contributed by atoms with Gasteiger partial charge >= 0.3 is 0 Å². The molecule has 0 aromatic heterocycles. The molecule has 6 heteroatoms. The van der Waals surface area contributed by atoms with E-state index >= 15 is 0 Å². The molecule has 1 aliphatic heterocycles. The van der Waals surface area contributed by atoms with Gasteiger partial charge in [-0.1, -0.05) is 18.2 Å². The second-order valence-corrected chi connectivity index (χ2v) is 5.98. The number of ether oxygens (including phenoxy) is 1. The molecule has 0 spiro atoms. The largest absolute Gasteiger partial charge is 0.484 e. The van der Waals surface area contributed by atoms with Crippen LogP contribution in [0, 0.1) is 5.92 Å². The first-order chi connectivity index (χ1) is 11.1. The lowest BCUT2D eigenvalue weighted by Gasteiger charge is -2.34. The van der Waals surface area contributed by atoms with Gasteiger partial charge in [-0.3, -0.25) is 9.59 Å². The highest BCUT2D eigenvalue weighted by Crippen LogP contribution is 2.18. The van der Waals surface area contributed by atoms with Gasteiger partial charge in [-0.05, 0) is 37.8 Å². The molecule has 2 unspecified atom stereocenters. The fourth-order valence-corrected chi connectivity index (χ4v) is 2.67. The minimum atomic E-state index is -0.303. The van der Waals surface area contributed by atoms with E-state index in [9.17, 15) is 9.59 Å². The molecule has 126 valence electrons. The van der Waals surface area contributed by atoms with E-state index in [-0.39, 0.29) is 31.0 Å². The molecule has 6 nitrogen and oxygen atoms in total. The normalized spacial score (nSPS) is 19.0. The van der Waals surface area contributed by atoms with Crippen molar-refractivity contribution < 1.29 is 14.3 Å². The number of nitrogens with two attached hydrogens (primary N) is 1. The molecular formula is C17H25N3O3. The van der Waals surface area contributed by atoms with Gasteiger partial charge in [0.25, 0.3) is 5.91 Å². The molecule has 3 N–H and O–H groups in total. The van der Waals surface area contributed by atoms with Gasteiger partial charge in [0.05, 0.1) is 6.54 Å². The smallest absolute Gasteiger partial charge is 0.258 e. The van der Waals surface area contributed by atoms with E-state index in [2.05, 4.69) is 5.32 Å². The van der Waals surface area contributed by atoms with E-state index in [1.54, 1.807) is 17.0 Å². The first-order valence-electron chi connectivity index (χ1n) is 8.04. The van der Waals surface area contributed by atoms with Crippen molar-refractivity contribution in [2.24, 2.45) is 11.7 Å². The number of nitrogens with zero attached hydrogens (tertiary/aromatic N) is 1. The van der Waals surface area contributed by atoms with Crippen LogP contribution < -0.4 is 15.8 Å². The van der Waals surface area contributed by atoms with Crippen molar-refractivity contribution in [3.05, 3.63) is 30.3 Å². The number of amides is 2. The van der Waals surface area contributed by atoms with Crippen LogP contribution in [-0.4, -0.2) is 49.0 Å². The Morgan fingerprint density at radius 3 is 2.83 bits per heavy atom. The highest BCUT2D eigenvalue weighted by molar-refractivity contribution is 5.85. The Morgan fingerprint density at radius 2 is 2.13 bits per heavy atom. The second-order valence-electron chi connectivity index (χ2n) is 5.98. The first kappa shape index (κ1) is 17.3. The zero-order valence-corrected chi connectivity index (χ0v) is 13.5. The minimum Gasteiger partial charge on any atom is -0.484 e. The fraction of sp³-hybridized carbons (Fsp3) is 0.529. The molecule has 23 heavy (non-hydrogen) atoms. The summed E-state index contributed by atoms with van der Waals surface area (Å²) in [6, 6.07) is 9.18. The quantitative estimate of drug-likeness (QED) is 0.811. The summed E-state index contributed by atoms with van der Waals surface area (Å²) < 4.78 is 5.34. The summed E-state index contributed by atoms with van der Waals surface area (Å²) in [6.45, 7) is 3.29. The molecule has 1 heterocycles. The number of nitrogens with one attached hydrogen (secondary N) is 1. The molecule has 0 bridgehead atoms. The van der Waals surface area contributed by atoms with Gasteiger partial charge in [0, 0.05) is 19.1 Å². The Hall–Kier alpha value is -2.08. The summed E-state index contributed by atoms with van der Waals surface area (Å²) in [7, 11) is 0. The predicted molar refractivity (Wildman–Crippen MR) is 87.9 cm³/mol. The topological polar surface area (TPSA) is 84.7 Å². The van der Waals surface area contributed by atoms with Gasteiger partial charge < -0.3 is 20.7 Å². The number of hydrogen-bond acceptors (Lipinski definition) is 4. The van der Waals surface area contributed by atoms with Gasteiger partial charge in [0.15, 0.2) is 6.61 Å². The SMILES string of the molecule is CC(N)C1CCCN(C(=O)CNC(=O)COc2ccccc2)C1. The van der Waals surface area contributed by atoms with Crippen LogP contribution in [-0.2, 0) is 9.59 Å². The van der Waals surface area contributed by atoms with E-state index in [1.807, 2.05) is 25.1 Å². The summed E-state index contributed by atoms with van der Waals surface area (Å²) >= 11 is 0. The standard InChI is InChI=1S/C17H25N3O3/c1-13(18)14-6-5-9-20(11-14)17(22)10-19-16(21)12-23-15-7-3-2-4-8-15/h2-4,7-8,13-14H,5-6,9-12,18H2,1H3,(H,19,21). The number of carbonyl (C=O) groups is 2. The lowest BCUT2D eigenvalue weighted by molar-refractivity contribution is -0.134. The molecule has 2 amide bonds. The van der Waals surface area contributed by atoms with E-state index < -0.39 is 0 Å². The zero-order valence-electron chi connectivity index (χ0n) is 13.5. The maximum absolute atomic E-state index is 12.2. The molecule has 2 rings (SSSR count). The highest BCUT2D eigenvalue weighted by Gasteiger charge is 2.25. The third kappa shape index (κ3) is 5.56. The van der Waals surface area contributed by atoms with Crippen molar-refractivity contribution in [1.29, 1.82) is 0 Å². The van der Waals surface area contributed by atoms with Crippen molar-refractivity contribution in [2.75, 3.05) is 26.2 Å². The number of hydrogen-bond donors (Lipinski definition) is 2. The maximum atomic E-state index is 12.2. The van der Waals surface area contributed by atoms with Crippen molar-refractivity contribution in [1.82, 2.24) is 10.2 Å². The van der Waals surface area contributed by atoms with Crippen LogP contribution in [0.1, 0.15) is 19.8 Å². The molecule has 1 aromatic carbocycles. The molecule has 2 atom stereocenters. The Labute approximate surface area is 137 Å². The summed E-state index contributed by atoms with van der Waals surface area (Å²) in [5, 5.41) is 2.61. The van der Waals surface area contributed by atoms with Crippen LogP contribution in [0.5, 0.6) is 5.75 Å². The van der Waals surface area contributed by atoms with Crippen molar-refractivity contribution in [2.45, 2.75) is 25.8 Å². The van der Waals surface area contributed by atoms with E-state index in [4.69, 9.17) is 10.5 Å². The fourth-order valence-electron chi connectivity index (χ4n) is 2.67. The third-order valence-electron chi connectivity index (χ3n) is 4.10. The Kier molecular flexibility index (Phi) is 6.40. The first-order valence-corrected chi connectivity index (χ1v) is 8.04. The lowest BCUT2D eigenvalue weighted by Crippen LogP contribution is -2.48. The van der Waals surface area contributed by atoms with Crippen molar-refractivity contribution in [3.63, 3.8) is 0 Å². The van der Waals surface area contributed by atoms with Crippen LogP contribution in [0.25, 0.3) is 0 Å². The number of para-hydroxylation sites is 1. The van der Waals surface area contributed by atoms with Crippen LogP contribution >= 0.6 is 0 Å². The number of carbonyl (C=O) groups excluding carboxylic acids is 2. The van der Waals surface area contributed by atoms with Gasteiger partial charge in [-0.25, -0.2) is 0 Å². The summed E-state index contributed by atoms with van der Waals surface area (Å²) in [4.78, 5) is 25.7. The number of piperidine rings is 1. The van der Waals surface area contributed by atoms with Crippen molar-refractivity contribution >= 4 is 11.8 Å². The van der Waals surface area contributed by atoms with Gasteiger partial charge in [-0.2, -0.15) is 0 Å².